The summed E-state index contributed by atoms with van der Waals surface area (Å²) in [6.45, 7) is 2.79. The molecule has 3 N–H and O–H groups in total. The van der Waals surface area contributed by atoms with E-state index < -0.39 is 23.8 Å². The number of nitrogens with one attached hydrogen (secondary N) is 3. The molecular weight excluding hydrogens is 472 g/mol. The predicted molar refractivity (Wildman–Crippen MR) is 132 cm³/mol. The Labute approximate surface area is 211 Å². The van der Waals surface area contributed by atoms with Crippen molar-refractivity contribution in [1.29, 1.82) is 0 Å². The Morgan fingerprint density at radius 1 is 0.914 bits per heavy atom. The van der Waals surface area contributed by atoms with Gasteiger partial charge in [0, 0.05) is 18.7 Å². The molecule has 1 aromatic rings. The molecule has 5 rings (SSSR count). The van der Waals surface area contributed by atoms with Crippen LogP contribution in [0.5, 0.6) is 0 Å². The Hall–Kier alpha value is -2.49. The van der Waals surface area contributed by atoms with Crippen molar-refractivity contribution in [2.45, 2.75) is 69.6 Å². The first-order valence-electron chi connectivity index (χ1n) is 12.5. The van der Waals surface area contributed by atoms with Gasteiger partial charge in [0.05, 0.1) is 23.3 Å². The van der Waals surface area contributed by atoms with Gasteiger partial charge < -0.3 is 15.4 Å². The van der Waals surface area contributed by atoms with E-state index >= 15 is 0 Å². The predicted octanol–water partition coefficient (Wildman–Crippen LogP) is 2.25. The molecule has 35 heavy (non-hydrogen) atoms. The lowest BCUT2D eigenvalue weighted by Gasteiger charge is -2.33. The number of anilines is 1. The second-order valence-electron chi connectivity index (χ2n) is 9.78. The van der Waals surface area contributed by atoms with Gasteiger partial charge in [-0.15, -0.1) is 12.4 Å². The van der Waals surface area contributed by atoms with Gasteiger partial charge in [-0.25, -0.2) is 0 Å². The molecule has 4 aliphatic rings. The number of benzene rings is 1. The highest BCUT2D eigenvalue weighted by molar-refractivity contribution is 6.25. The van der Waals surface area contributed by atoms with Crippen molar-refractivity contribution >= 4 is 41.7 Å². The Kier molecular flexibility index (Phi) is 8.09. The first-order chi connectivity index (χ1) is 16.5. The summed E-state index contributed by atoms with van der Waals surface area (Å²) in [5.41, 5.74) is 1.25. The van der Waals surface area contributed by atoms with E-state index in [9.17, 15) is 19.2 Å². The highest BCUT2D eigenvalue weighted by Gasteiger charge is 2.45. The minimum atomic E-state index is -0.951. The molecule has 0 spiro atoms. The summed E-state index contributed by atoms with van der Waals surface area (Å²) in [4.78, 5) is 51.0. The lowest BCUT2D eigenvalue weighted by Crippen LogP contribution is -2.54. The van der Waals surface area contributed by atoms with Crippen LogP contribution in [0.2, 0.25) is 0 Å². The summed E-state index contributed by atoms with van der Waals surface area (Å²) in [7, 11) is 0. The number of rotatable bonds is 6. The zero-order valence-corrected chi connectivity index (χ0v) is 20.5. The number of piperidine rings is 2. The summed E-state index contributed by atoms with van der Waals surface area (Å²) in [5.74, 6) is -1.45. The molecule has 3 heterocycles. The zero-order valence-electron chi connectivity index (χ0n) is 19.7. The molecule has 0 radical (unpaired) electrons. The molecule has 0 bridgehead atoms. The molecule has 1 atom stereocenters. The number of amides is 4. The number of fused-ring (bicyclic) bond motifs is 1. The van der Waals surface area contributed by atoms with Crippen LogP contribution in [0.3, 0.4) is 0 Å². The van der Waals surface area contributed by atoms with E-state index in [1.165, 1.54) is 0 Å². The van der Waals surface area contributed by atoms with Gasteiger partial charge in [0.15, 0.2) is 0 Å². The number of imide groups is 2. The number of carbonyl (C=O) groups is 4. The first kappa shape index (κ1) is 25.6. The maximum Gasteiger partial charge on any atom is 0.264 e. The highest BCUT2D eigenvalue weighted by Crippen LogP contribution is 2.34. The molecule has 9 nitrogen and oxygen atoms in total. The lowest BCUT2D eigenvalue weighted by atomic mass is 9.87. The Morgan fingerprint density at radius 3 is 2.34 bits per heavy atom. The van der Waals surface area contributed by atoms with Crippen LogP contribution in [0.15, 0.2) is 18.2 Å². The second-order valence-corrected chi connectivity index (χ2v) is 9.78. The number of hydrogen-bond acceptors (Lipinski definition) is 7. The number of carbonyl (C=O) groups excluding carboxylic acids is 4. The summed E-state index contributed by atoms with van der Waals surface area (Å²) in [6, 6.07) is 4.23. The van der Waals surface area contributed by atoms with Crippen molar-refractivity contribution in [2.24, 2.45) is 5.92 Å². The van der Waals surface area contributed by atoms with Gasteiger partial charge >= 0.3 is 0 Å². The maximum absolute atomic E-state index is 13.2. The number of ether oxygens (including phenoxy) is 1. The smallest absolute Gasteiger partial charge is 0.264 e. The van der Waals surface area contributed by atoms with E-state index in [-0.39, 0.29) is 31.2 Å². The summed E-state index contributed by atoms with van der Waals surface area (Å²) in [6.07, 6.45) is 7.37. The van der Waals surface area contributed by atoms with E-state index in [2.05, 4.69) is 16.0 Å². The fourth-order valence-electron chi connectivity index (χ4n) is 5.59. The minimum Gasteiger partial charge on any atom is -0.384 e. The van der Waals surface area contributed by atoms with Gasteiger partial charge in [-0.1, -0.05) is 6.07 Å². The van der Waals surface area contributed by atoms with Gasteiger partial charge in [-0.05, 0) is 76.1 Å². The number of hydrogen-bond donors (Lipinski definition) is 3. The molecule has 3 fully saturated rings. The van der Waals surface area contributed by atoms with Crippen LogP contribution in [-0.2, 0) is 14.3 Å². The average molecular weight is 505 g/mol. The molecule has 1 aromatic carbocycles. The van der Waals surface area contributed by atoms with E-state index in [1.54, 1.807) is 12.1 Å². The molecule has 3 aliphatic heterocycles. The normalized spacial score (nSPS) is 27.3. The van der Waals surface area contributed by atoms with Gasteiger partial charge in [0.1, 0.15) is 6.04 Å². The Balaban J connectivity index is 0.00000289. The van der Waals surface area contributed by atoms with Crippen molar-refractivity contribution in [3.8, 4) is 0 Å². The summed E-state index contributed by atoms with van der Waals surface area (Å²) >= 11 is 0. The van der Waals surface area contributed by atoms with E-state index in [1.807, 2.05) is 6.07 Å². The first-order valence-corrected chi connectivity index (χ1v) is 12.5. The van der Waals surface area contributed by atoms with Crippen molar-refractivity contribution < 1.29 is 23.9 Å². The molecule has 1 saturated carbocycles. The maximum atomic E-state index is 13.2. The highest BCUT2D eigenvalue weighted by atomic mass is 35.5. The van der Waals surface area contributed by atoms with Crippen LogP contribution in [0, 0.1) is 5.92 Å². The van der Waals surface area contributed by atoms with Gasteiger partial charge in [0.2, 0.25) is 11.8 Å². The average Bonchev–Trinajstić information content (AvgIpc) is 3.10. The largest absolute Gasteiger partial charge is 0.384 e. The fourth-order valence-corrected chi connectivity index (χ4v) is 5.59. The van der Waals surface area contributed by atoms with E-state index in [0.717, 1.165) is 63.1 Å². The Morgan fingerprint density at radius 2 is 1.63 bits per heavy atom. The van der Waals surface area contributed by atoms with Crippen LogP contribution >= 0.6 is 12.4 Å². The van der Waals surface area contributed by atoms with Crippen molar-refractivity contribution in [3.05, 3.63) is 29.3 Å². The second kappa shape index (κ2) is 11.1. The SMILES string of the molecule is Cl.O=C1CCC(N2C(=O)c3cccc(NCC4CCC(OC5CCNCC5)CC4)c3C2=O)C(=O)N1. The lowest BCUT2D eigenvalue weighted by molar-refractivity contribution is -0.136. The quantitative estimate of drug-likeness (QED) is 0.509. The molecule has 10 heteroatoms. The van der Waals surface area contributed by atoms with E-state index in [0.29, 0.717) is 34.9 Å². The van der Waals surface area contributed by atoms with Crippen LogP contribution in [0.25, 0.3) is 0 Å². The third-order valence-electron chi connectivity index (χ3n) is 7.51. The molecule has 190 valence electrons. The molecule has 1 unspecified atom stereocenters. The number of nitrogens with zero attached hydrogens (tertiary/aromatic N) is 1. The van der Waals surface area contributed by atoms with Crippen LogP contribution in [-0.4, -0.2) is 66.4 Å². The molecule has 0 aromatic heterocycles. The van der Waals surface area contributed by atoms with Crippen molar-refractivity contribution in [1.82, 2.24) is 15.5 Å². The summed E-state index contributed by atoms with van der Waals surface area (Å²) < 4.78 is 6.31. The van der Waals surface area contributed by atoms with Crippen LogP contribution in [0.1, 0.15) is 72.1 Å². The molecule has 4 amide bonds. The van der Waals surface area contributed by atoms with Crippen molar-refractivity contribution in [3.63, 3.8) is 0 Å². The topological polar surface area (TPSA) is 117 Å². The third kappa shape index (κ3) is 5.37. The zero-order chi connectivity index (χ0) is 23.7. The molecule has 2 saturated heterocycles. The molecule has 1 aliphatic carbocycles. The number of halogens is 1. The molecular formula is C25H33ClN4O5. The van der Waals surface area contributed by atoms with Crippen LogP contribution in [0.4, 0.5) is 5.69 Å². The van der Waals surface area contributed by atoms with Crippen LogP contribution < -0.4 is 16.0 Å². The Bertz CT molecular complexity index is 988. The standard InChI is InChI=1S/C25H32N4O5.ClH/c30-21-9-8-20(23(31)28-21)29-24(32)18-2-1-3-19(22(18)25(29)33)27-14-15-4-6-16(7-5-15)34-17-10-12-26-13-11-17;/h1-3,15-17,20,26-27H,4-14H2,(H,28,30,31);1H. The minimum absolute atomic E-state index is 0. The van der Waals surface area contributed by atoms with Gasteiger partial charge in [-0.3, -0.25) is 29.4 Å². The van der Waals surface area contributed by atoms with E-state index in [4.69, 9.17) is 4.74 Å². The fraction of sp³-hybridized carbons (Fsp3) is 0.600. The van der Waals surface area contributed by atoms with Gasteiger partial charge in [-0.2, -0.15) is 0 Å². The summed E-state index contributed by atoms with van der Waals surface area (Å²) in [5, 5.41) is 9.00. The monoisotopic (exact) mass is 504 g/mol. The van der Waals surface area contributed by atoms with Gasteiger partial charge in [0.25, 0.3) is 11.8 Å². The third-order valence-corrected chi connectivity index (χ3v) is 7.51. The van der Waals surface area contributed by atoms with Crippen molar-refractivity contribution in [2.75, 3.05) is 25.0 Å².